The second-order valence-electron chi connectivity index (χ2n) is 7.07. The summed E-state index contributed by atoms with van der Waals surface area (Å²) in [4.78, 5) is 0. The van der Waals surface area contributed by atoms with E-state index in [0.29, 0.717) is 5.41 Å². The van der Waals surface area contributed by atoms with E-state index in [9.17, 15) is 0 Å². The Kier molecular flexibility index (Phi) is 2.73. The Bertz CT molecular complexity index is 421. The average molecular weight is 248 g/mol. The molecule has 0 atom stereocenters. The Morgan fingerprint density at radius 3 is 2.61 bits per heavy atom. The molecule has 3 rings (SSSR count). The van der Waals surface area contributed by atoms with E-state index in [1.165, 1.54) is 32.2 Å². The minimum absolute atomic E-state index is 0.0248. The molecule has 0 unspecified atom stereocenters. The van der Waals surface area contributed by atoms with E-state index >= 15 is 0 Å². The Morgan fingerprint density at radius 1 is 1.39 bits per heavy atom. The summed E-state index contributed by atoms with van der Waals surface area (Å²) >= 11 is 0. The van der Waals surface area contributed by atoms with Crippen LogP contribution in [-0.4, -0.2) is 21.5 Å². The predicted molar refractivity (Wildman–Crippen MR) is 71.1 cm³/mol. The van der Waals surface area contributed by atoms with Crippen molar-refractivity contribution in [2.45, 2.75) is 58.5 Å². The van der Waals surface area contributed by atoms with E-state index in [4.69, 9.17) is 0 Å². The van der Waals surface area contributed by atoms with Crippen molar-refractivity contribution in [3.63, 3.8) is 0 Å². The van der Waals surface area contributed by atoms with Gasteiger partial charge in [0.2, 0.25) is 0 Å². The predicted octanol–water partition coefficient (Wildman–Crippen LogP) is 2.31. The van der Waals surface area contributed by atoms with Gasteiger partial charge in [0, 0.05) is 13.1 Å². The molecule has 4 nitrogen and oxygen atoms in total. The minimum Gasteiger partial charge on any atom is -0.310 e. The standard InChI is InChI=1S/C14H24N4/c1-13(2,3)18-9-12(16-17-18)8-15-10-14(6-7-14)11-4-5-11/h9,11,15H,4-8,10H2,1-3H3. The Hall–Kier alpha value is -0.900. The summed E-state index contributed by atoms with van der Waals surface area (Å²) in [7, 11) is 0. The lowest BCUT2D eigenvalue weighted by Crippen LogP contribution is -2.25. The van der Waals surface area contributed by atoms with Gasteiger partial charge in [-0.05, 0) is 57.8 Å². The molecule has 0 radical (unpaired) electrons. The fraction of sp³-hybridized carbons (Fsp3) is 0.857. The van der Waals surface area contributed by atoms with Crippen LogP contribution in [0.2, 0.25) is 0 Å². The molecule has 1 heterocycles. The highest BCUT2D eigenvalue weighted by molar-refractivity contribution is 5.05. The highest BCUT2D eigenvalue weighted by atomic mass is 15.4. The van der Waals surface area contributed by atoms with Gasteiger partial charge in [-0.25, -0.2) is 4.68 Å². The van der Waals surface area contributed by atoms with E-state index in [1.54, 1.807) is 0 Å². The highest BCUT2D eigenvalue weighted by Gasteiger charge is 2.53. The van der Waals surface area contributed by atoms with Crippen LogP contribution in [0.15, 0.2) is 6.20 Å². The zero-order valence-electron chi connectivity index (χ0n) is 11.7. The van der Waals surface area contributed by atoms with E-state index in [0.717, 1.165) is 18.2 Å². The molecule has 18 heavy (non-hydrogen) atoms. The van der Waals surface area contributed by atoms with Crippen LogP contribution in [0.5, 0.6) is 0 Å². The molecule has 4 heteroatoms. The van der Waals surface area contributed by atoms with Crippen LogP contribution < -0.4 is 5.32 Å². The lowest BCUT2D eigenvalue weighted by Gasteiger charge is -2.17. The van der Waals surface area contributed by atoms with Crippen molar-refractivity contribution in [3.05, 3.63) is 11.9 Å². The third-order valence-electron chi connectivity index (χ3n) is 4.35. The molecule has 2 fully saturated rings. The van der Waals surface area contributed by atoms with Crippen LogP contribution in [0.25, 0.3) is 0 Å². The van der Waals surface area contributed by atoms with Gasteiger partial charge >= 0.3 is 0 Å². The summed E-state index contributed by atoms with van der Waals surface area (Å²) in [6.07, 6.45) is 7.84. The molecule has 0 bridgehead atoms. The van der Waals surface area contributed by atoms with Crippen molar-refractivity contribution in [2.75, 3.05) is 6.54 Å². The van der Waals surface area contributed by atoms with Gasteiger partial charge in [0.1, 0.15) is 0 Å². The molecule has 1 N–H and O–H groups in total. The van der Waals surface area contributed by atoms with E-state index in [2.05, 4.69) is 42.6 Å². The normalized spacial score (nSPS) is 22.2. The molecule has 2 aliphatic carbocycles. The van der Waals surface area contributed by atoms with Gasteiger partial charge in [-0.1, -0.05) is 5.21 Å². The first-order chi connectivity index (χ1) is 8.50. The lowest BCUT2D eigenvalue weighted by atomic mass is 10.0. The van der Waals surface area contributed by atoms with Gasteiger partial charge in [-0.2, -0.15) is 0 Å². The van der Waals surface area contributed by atoms with Crippen LogP contribution in [0.1, 0.15) is 52.1 Å². The van der Waals surface area contributed by atoms with Gasteiger partial charge in [0.15, 0.2) is 0 Å². The smallest absolute Gasteiger partial charge is 0.0965 e. The molecule has 2 saturated carbocycles. The van der Waals surface area contributed by atoms with Crippen molar-refractivity contribution in [1.29, 1.82) is 0 Å². The summed E-state index contributed by atoms with van der Waals surface area (Å²) in [5, 5.41) is 12.0. The van der Waals surface area contributed by atoms with Gasteiger partial charge in [0.25, 0.3) is 0 Å². The first-order valence-electron chi connectivity index (χ1n) is 7.12. The van der Waals surface area contributed by atoms with Gasteiger partial charge in [-0.15, -0.1) is 5.10 Å². The van der Waals surface area contributed by atoms with Gasteiger partial charge in [-0.3, -0.25) is 0 Å². The summed E-state index contributed by atoms with van der Waals surface area (Å²) in [5.74, 6) is 1.02. The molecular weight excluding hydrogens is 224 g/mol. The van der Waals surface area contributed by atoms with Crippen LogP contribution >= 0.6 is 0 Å². The van der Waals surface area contributed by atoms with Gasteiger partial charge < -0.3 is 5.32 Å². The molecule has 0 amide bonds. The molecule has 100 valence electrons. The number of hydrogen-bond donors (Lipinski definition) is 1. The van der Waals surface area contributed by atoms with E-state index < -0.39 is 0 Å². The Labute approximate surface area is 109 Å². The zero-order valence-corrected chi connectivity index (χ0v) is 11.7. The Morgan fingerprint density at radius 2 is 2.11 bits per heavy atom. The Balaban J connectivity index is 1.50. The van der Waals surface area contributed by atoms with Crippen molar-refractivity contribution in [3.8, 4) is 0 Å². The summed E-state index contributed by atoms with van der Waals surface area (Å²) < 4.78 is 1.94. The van der Waals surface area contributed by atoms with E-state index in [1.807, 2.05) is 4.68 Å². The average Bonchev–Trinajstić information content (AvgIpc) is 3.16. The maximum Gasteiger partial charge on any atom is 0.0965 e. The molecule has 0 saturated heterocycles. The van der Waals surface area contributed by atoms with Crippen LogP contribution in [-0.2, 0) is 12.1 Å². The number of hydrogen-bond acceptors (Lipinski definition) is 3. The largest absolute Gasteiger partial charge is 0.310 e. The molecule has 0 aromatic carbocycles. The number of aromatic nitrogens is 3. The zero-order chi connectivity index (χ0) is 12.8. The number of nitrogens with zero attached hydrogens (tertiary/aromatic N) is 3. The molecule has 0 aliphatic heterocycles. The lowest BCUT2D eigenvalue weighted by molar-refractivity contribution is 0.346. The maximum absolute atomic E-state index is 4.23. The molecule has 2 aliphatic rings. The number of rotatable bonds is 5. The first-order valence-corrected chi connectivity index (χ1v) is 7.12. The topological polar surface area (TPSA) is 42.7 Å². The monoisotopic (exact) mass is 248 g/mol. The maximum atomic E-state index is 4.23. The molecule has 0 spiro atoms. The molecule has 1 aromatic rings. The molecule has 1 aromatic heterocycles. The summed E-state index contributed by atoms with van der Waals surface area (Å²) in [6.45, 7) is 8.45. The SMILES string of the molecule is CC(C)(C)n1cc(CNCC2(C3CC3)CC2)nn1. The fourth-order valence-electron chi connectivity index (χ4n) is 2.73. The summed E-state index contributed by atoms with van der Waals surface area (Å²) in [6, 6.07) is 0. The van der Waals surface area contributed by atoms with Crippen LogP contribution in [0.3, 0.4) is 0 Å². The summed E-state index contributed by atoms with van der Waals surface area (Å²) in [5.41, 5.74) is 1.74. The second-order valence-corrected chi connectivity index (χ2v) is 7.07. The number of nitrogens with one attached hydrogen (secondary N) is 1. The molecular formula is C14H24N4. The quantitative estimate of drug-likeness (QED) is 0.869. The van der Waals surface area contributed by atoms with Crippen molar-refractivity contribution < 1.29 is 0 Å². The van der Waals surface area contributed by atoms with Crippen LogP contribution in [0, 0.1) is 11.3 Å². The van der Waals surface area contributed by atoms with E-state index in [-0.39, 0.29) is 5.54 Å². The first kappa shape index (κ1) is 12.2. The fourth-order valence-corrected chi connectivity index (χ4v) is 2.73. The minimum atomic E-state index is 0.0248. The van der Waals surface area contributed by atoms with Gasteiger partial charge in [0.05, 0.1) is 17.4 Å². The highest BCUT2D eigenvalue weighted by Crippen LogP contribution is 2.60. The third kappa shape index (κ3) is 2.44. The van der Waals surface area contributed by atoms with Crippen molar-refractivity contribution in [1.82, 2.24) is 20.3 Å². The second kappa shape index (κ2) is 4.05. The van der Waals surface area contributed by atoms with Crippen LogP contribution in [0.4, 0.5) is 0 Å². The van der Waals surface area contributed by atoms with Crippen molar-refractivity contribution in [2.24, 2.45) is 11.3 Å². The third-order valence-corrected chi connectivity index (χ3v) is 4.35. The van der Waals surface area contributed by atoms with Crippen molar-refractivity contribution >= 4 is 0 Å².